The van der Waals surface area contributed by atoms with E-state index in [0.717, 1.165) is 22.0 Å². The van der Waals surface area contributed by atoms with Crippen LogP contribution in [0, 0.1) is 0 Å². The number of nitrogens with two attached hydrogens (primary N) is 2. The van der Waals surface area contributed by atoms with Gasteiger partial charge in [-0.25, -0.2) is 0 Å². The first kappa shape index (κ1) is 16.0. The van der Waals surface area contributed by atoms with Crippen molar-refractivity contribution in [1.82, 2.24) is 4.98 Å². The van der Waals surface area contributed by atoms with Crippen molar-refractivity contribution < 1.29 is 9.53 Å². The zero-order chi connectivity index (χ0) is 16.6. The number of hydrogen-bond donors (Lipinski definition) is 3. The number of Topliss-reactive ketones (excluding diaryl/α,β-unsaturated/α-hetero) is 1. The van der Waals surface area contributed by atoms with Crippen molar-refractivity contribution in [3.8, 4) is 5.75 Å². The summed E-state index contributed by atoms with van der Waals surface area (Å²) < 4.78 is 5.46. The van der Waals surface area contributed by atoms with E-state index in [2.05, 4.69) is 4.98 Å². The quantitative estimate of drug-likeness (QED) is 0.458. The second kappa shape index (κ2) is 5.81. The third kappa shape index (κ3) is 2.57. The van der Waals surface area contributed by atoms with Crippen LogP contribution in [0.2, 0.25) is 0 Å². The van der Waals surface area contributed by atoms with E-state index >= 15 is 0 Å². The van der Waals surface area contributed by atoms with Gasteiger partial charge in [0.2, 0.25) is 0 Å². The smallest absolute Gasteiger partial charge is 0.164 e. The van der Waals surface area contributed by atoms with Gasteiger partial charge in [-0.1, -0.05) is 12.2 Å². The van der Waals surface area contributed by atoms with Gasteiger partial charge in [0, 0.05) is 32.6 Å². The van der Waals surface area contributed by atoms with Crippen molar-refractivity contribution in [1.29, 1.82) is 0 Å². The summed E-state index contributed by atoms with van der Waals surface area (Å²) >= 11 is 5.30. The maximum Gasteiger partial charge on any atom is 0.164 e. The SMILES string of the molecule is COc1cc2c(C(C)=O)c(N)[nH]c2cc1/C(C(C)=S)=C(\C)N. The largest absolute Gasteiger partial charge is 0.496 e. The number of rotatable bonds is 4. The lowest BCUT2D eigenvalue weighted by Crippen LogP contribution is -2.05. The highest BCUT2D eigenvalue weighted by Gasteiger charge is 2.19. The molecule has 0 aliphatic rings. The number of carbonyl (C=O) groups is 1. The first-order valence-corrected chi connectivity index (χ1v) is 7.16. The summed E-state index contributed by atoms with van der Waals surface area (Å²) in [6, 6.07) is 3.65. The minimum Gasteiger partial charge on any atom is -0.496 e. The van der Waals surface area contributed by atoms with Crippen LogP contribution in [0.3, 0.4) is 0 Å². The number of thiocarbonyl (C=S) groups is 1. The van der Waals surface area contributed by atoms with E-state index in [1.54, 1.807) is 20.1 Å². The fourth-order valence-electron chi connectivity index (χ4n) is 2.67. The Morgan fingerprint density at radius 1 is 1.27 bits per heavy atom. The number of methoxy groups -OCH3 is 1. The second-order valence-corrected chi connectivity index (χ2v) is 5.79. The van der Waals surface area contributed by atoms with Crippen molar-refractivity contribution >= 4 is 45.2 Å². The van der Waals surface area contributed by atoms with Crippen LogP contribution >= 0.6 is 12.2 Å². The molecule has 116 valence electrons. The number of ketones is 1. The van der Waals surface area contributed by atoms with Gasteiger partial charge < -0.3 is 21.2 Å². The lowest BCUT2D eigenvalue weighted by molar-refractivity contribution is 0.102. The summed E-state index contributed by atoms with van der Waals surface area (Å²) in [7, 11) is 1.57. The van der Waals surface area contributed by atoms with Crippen LogP contribution in [0.4, 0.5) is 5.82 Å². The van der Waals surface area contributed by atoms with E-state index in [1.807, 2.05) is 13.0 Å². The summed E-state index contributed by atoms with van der Waals surface area (Å²) in [6.07, 6.45) is 0. The van der Waals surface area contributed by atoms with Crippen molar-refractivity contribution in [2.24, 2.45) is 5.73 Å². The number of H-pyrrole nitrogens is 1. The molecule has 2 aromatic rings. The molecular weight excluding hydrogens is 298 g/mol. The minimum absolute atomic E-state index is 0.102. The van der Waals surface area contributed by atoms with Gasteiger partial charge in [-0.2, -0.15) is 0 Å². The molecule has 0 fully saturated rings. The van der Waals surface area contributed by atoms with E-state index in [0.29, 0.717) is 27.7 Å². The number of carbonyl (C=O) groups excluding carboxylic acids is 1. The number of ether oxygens (including phenoxy) is 1. The van der Waals surface area contributed by atoms with Gasteiger partial charge in [-0.15, -0.1) is 0 Å². The standard InChI is InChI=1S/C16H19N3O2S/c1-7(17)14(9(3)22)11-5-12-10(6-13(11)21-4)15(8(2)20)16(18)19-12/h5-6,19H,17-18H2,1-4H3/b14-7+. The van der Waals surface area contributed by atoms with Crippen molar-refractivity contribution in [3.63, 3.8) is 0 Å². The molecule has 2 rings (SSSR count). The van der Waals surface area contributed by atoms with Crippen LogP contribution in [0.15, 0.2) is 17.8 Å². The summed E-state index contributed by atoms with van der Waals surface area (Å²) in [4.78, 5) is 15.5. The molecule has 0 aliphatic heterocycles. The zero-order valence-electron chi connectivity index (χ0n) is 13.0. The highest BCUT2D eigenvalue weighted by molar-refractivity contribution is 7.81. The molecule has 0 unspecified atom stereocenters. The van der Waals surface area contributed by atoms with Crippen LogP contribution in [-0.4, -0.2) is 22.7 Å². The Labute approximate surface area is 134 Å². The van der Waals surface area contributed by atoms with E-state index in [4.69, 9.17) is 28.4 Å². The Balaban J connectivity index is 2.86. The van der Waals surface area contributed by atoms with Gasteiger partial charge in [0.15, 0.2) is 5.78 Å². The summed E-state index contributed by atoms with van der Waals surface area (Å²) in [5, 5.41) is 0.724. The predicted octanol–water partition coefficient (Wildman–Crippen LogP) is 3.04. The van der Waals surface area contributed by atoms with Crippen molar-refractivity contribution in [3.05, 3.63) is 29.0 Å². The Morgan fingerprint density at radius 3 is 2.36 bits per heavy atom. The third-order valence-electron chi connectivity index (χ3n) is 3.52. The number of nitrogens with one attached hydrogen (secondary N) is 1. The molecule has 6 heteroatoms. The van der Waals surface area contributed by atoms with Crippen LogP contribution in [-0.2, 0) is 0 Å². The maximum absolute atomic E-state index is 11.8. The molecule has 22 heavy (non-hydrogen) atoms. The fraction of sp³-hybridized carbons (Fsp3) is 0.250. The Kier molecular flexibility index (Phi) is 4.23. The molecule has 0 saturated heterocycles. The lowest BCUT2D eigenvalue weighted by Gasteiger charge is -2.13. The molecular formula is C16H19N3O2S. The van der Waals surface area contributed by atoms with Crippen LogP contribution in [0.1, 0.15) is 36.7 Å². The van der Waals surface area contributed by atoms with E-state index < -0.39 is 0 Å². The molecule has 0 radical (unpaired) electrons. The molecule has 0 atom stereocenters. The topological polar surface area (TPSA) is 94.1 Å². The van der Waals surface area contributed by atoms with E-state index in [-0.39, 0.29) is 5.78 Å². The van der Waals surface area contributed by atoms with Crippen molar-refractivity contribution in [2.75, 3.05) is 12.8 Å². The molecule has 1 aromatic carbocycles. The Morgan fingerprint density at radius 2 is 1.91 bits per heavy atom. The van der Waals surface area contributed by atoms with Crippen molar-refractivity contribution in [2.45, 2.75) is 20.8 Å². The van der Waals surface area contributed by atoms with Crippen LogP contribution < -0.4 is 16.2 Å². The fourth-order valence-corrected chi connectivity index (χ4v) is 2.94. The lowest BCUT2D eigenvalue weighted by atomic mass is 9.98. The number of aromatic nitrogens is 1. The minimum atomic E-state index is -0.102. The third-order valence-corrected chi connectivity index (χ3v) is 3.72. The summed E-state index contributed by atoms with van der Waals surface area (Å²) in [5.74, 6) is 0.837. The van der Waals surface area contributed by atoms with Gasteiger partial charge in [-0.05, 0) is 32.9 Å². The molecule has 0 spiro atoms. The normalized spacial score (nSPS) is 12.2. The highest BCUT2D eigenvalue weighted by atomic mass is 32.1. The Hall–Kier alpha value is -2.34. The molecule has 0 bridgehead atoms. The summed E-state index contributed by atoms with van der Waals surface area (Å²) in [5.41, 5.74) is 15.2. The molecule has 1 aromatic heterocycles. The van der Waals surface area contributed by atoms with Gasteiger partial charge in [-0.3, -0.25) is 4.79 Å². The zero-order valence-corrected chi connectivity index (χ0v) is 13.9. The van der Waals surface area contributed by atoms with E-state index in [1.165, 1.54) is 6.92 Å². The highest BCUT2D eigenvalue weighted by Crippen LogP contribution is 2.35. The average molecular weight is 317 g/mol. The monoisotopic (exact) mass is 317 g/mol. The number of anilines is 1. The number of fused-ring (bicyclic) bond motifs is 1. The summed E-state index contributed by atoms with van der Waals surface area (Å²) in [6.45, 7) is 5.09. The molecule has 0 saturated carbocycles. The number of nitrogen functional groups attached to an aromatic ring is 1. The number of aromatic amines is 1. The Bertz CT molecular complexity index is 814. The van der Waals surface area contributed by atoms with Crippen LogP contribution in [0.5, 0.6) is 5.75 Å². The second-order valence-electron chi connectivity index (χ2n) is 5.18. The molecule has 0 amide bonds. The molecule has 1 heterocycles. The van der Waals surface area contributed by atoms with Gasteiger partial charge >= 0.3 is 0 Å². The molecule has 5 N–H and O–H groups in total. The predicted molar refractivity (Wildman–Crippen MR) is 94.3 cm³/mol. The first-order valence-electron chi connectivity index (χ1n) is 6.75. The van der Waals surface area contributed by atoms with Crippen LogP contribution in [0.25, 0.3) is 16.5 Å². The molecule has 5 nitrogen and oxygen atoms in total. The van der Waals surface area contributed by atoms with Gasteiger partial charge in [0.25, 0.3) is 0 Å². The maximum atomic E-state index is 11.8. The van der Waals surface area contributed by atoms with Gasteiger partial charge in [0.1, 0.15) is 11.6 Å². The molecule has 0 aliphatic carbocycles. The number of hydrogen-bond acceptors (Lipinski definition) is 5. The average Bonchev–Trinajstić information content (AvgIpc) is 2.71. The first-order chi connectivity index (χ1) is 10.3. The number of allylic oxidation sites excluding steroid dienone is 2. The van der Waals surface area contributed by atoms with E-state index in [9.17, 15) is 4.79 Å². The number of benzene rings is 1. The van der Waals surface area contributed by atoms with Gasteiger partial charge in [0.05, 0.1) is 12.7 Å².